The second-order valence-corrected chi connectivity index (χ2v) is 4.47. The van der Waals surface area contributed by atoms with Crippen LogP contribution in [0.3, 0.4) is 0 Å². The molecule has 0 saturated carbocycles. The number of carboxylic acid groups (broad SMARTS) is 1. The molecule has 0 aliphatic carbocycles. The molecule has 1 heterocycles. The van der Waals surface area contributed by atoms with Gasteiger partial charge in [0.2, 0.25) is 0 Å². The van der Waals surface area contributed by atoms with E-state index in [0.29, 0.717) is 18.7 Å². The molecule has 0 radical (unpaired) electrons. The smallest absolute Gasteiger partial charge is 0.326 e. The summed E-state index contributed by atoms with van der Waals surface area (Å²) in [5, 5.41) is 14.2. The van der Waals surface area contributed by atoms with Crippen LogP contribution in [0.1, 0.15) is 19.0 Å². The molecule has 0 bridgehead atoms. The van der Waals surface area contributed by atoms with Crippen LogP contribution in [0, 0.1) is 0 Å². The molecule has 1 unspecified atom stereocenters. The molecule has 8 heteroatoms. The molecule has 8 nitrogen and oxygen atoms in total. The Balaban J connectivity index is 2.45. The van der Waals surface area contributed by atoms with Crippen LogP contribution in [0.4, 0.5) is 4.79 Å². The average Bonchev–Trinajstić information content (AvgIpc) is 2.88. The van der Waals surface area contributed by atoms with E-state index in [-0.39, 0.29) is 12.5 Å². The highest BCUT2D eigenvalue weighted by molar-refractivity contribution is 5.82. The molecule has 112 valence electrons. The third kappa shape index (κ3) is 5.70. The second kappa shape index (κ2) is 8.16. The van der Waals surface area contributed by atoms with Gasteiger partial charge in [0, 0.05) is 38.1 Å². The van der Waals surface area contributed by atoms with Crippen LogP contribution in [0.15, 0.2) is 12.5 Å². The number of carbonyl (C=O) groups excluding carboxylic acids is 1. The number of hydrogen-bond acceptors (Lipinski definition) is 4. The summed E-state index contributed by atoms with van der Waals surface area (Å²) in [6.45, 7) is 2.35. The number of methoxy groups -OCH3 is 1. The number of nitrogens with one attached hydrogen (secondary N) is 3. The lowest BCUT2D eigenvalue weighted by molar-refractivity contribution is -0.139. The maximum absolute atomic E-state index is 11.7. The quantitative estimate of drug-likeness (QED) is 0.541. The van der Waals surface area contributed by atoms with Gasteiger partial charge >= 0.3 is 12.0 Å². The third-order valence-electron chi connectivity index (χ3n) is 2.71. The van der Waals surface area contributed by atoms with Crippen LogP contribution < -0.4 is 10.6 Å². The van der Waals surface area contributed by atoms with Gasteiger partial charge in [0.15, 0.2) is 0 Å². The van der Waals surface area contributed by atoms with Crippen molar-refractivity contribution in [2.45, 2.75) is 31.8 Å². The molecular weight excluding hydrogens is 264 g/mol. The highest BCUT2D eigenvalue weighted by Crippen LogP contribution is 1.99. The Kier molecular flexibility index (Phi) is 6.51. The highest BCUT2D eigenvalue weighted by Gasteiger charge is 2.21. The van der Waals surface area contributed by atoms with Crippen molar-refractivity contribution in [3.05, 3.63) is 18.2 Å². The predicted octanol–water partition coefficient (Wildman–Crippen LogP) is 0.130. The van der Waals surface area contributed by atoms with Crippen LogP contribution in [0.25, 0.3) is 0 Å². The van der Waals surface area contributed by atoms with Crippen molar-refractivity contribution < 1.29 is 19.4 Å². The fourth-order valence-corrected chi connectivity index (χ4v) is 1.61. The van der Waals surface area contributed by atoms with Gasteiger partial charge in [0.25, 0.3) is 0 Å². The van der Waals surface area contributed by atoms with Crippen LogP contribution in [0.5, 0.6) is 0 Å². The number of aromatic nitrogens is 2. The summed E-state index contributed by atoms with van der Waals surface area (Å²) in [5.74, 6) is -1.10. The number of amides is 2. The molecule has 20 heavy (non-hydrogen) atoms. The topological polar surface area (TPSA) is 116 Å². The lowest BCUT2D eigenvalue weighted by Crippen LogP contribution is -2.49. The van der Waals surface area contributed by atoms with Crippen LogP contribution >= 0.6 is 0 Å². The Morgan fingerprint density at radius 3 is 2.80 bits per heavy atom. The number of carbonyl (C=O) groups is 2. The first-order chi connectivity index (χ1) is 9.52. The summed E-state index contributed by atoms with van der Waals surface area (Å²) in [7, 11) is 1.58. The minimum Gasteiger partial charge on any atom is -0.480 e. The average molecular weight is 284 g/mol. The standard InChI is InChI=1S/C12H20N4O4/c1-8(3-4-20-2)15-12(19)16-10(11(17)18)5-9-6-13-7-14-9/h6-8,10H,3-5H2,1-2H3,(H,13,14)(H,17,18)(H2,15,16,19)/t8?,10-/m0/s1. The van der Waals surface area contributed by atoms with Gasteiger partial charge < -0.3 is 25.5 Å². The molecule has 1 rings (SSSR count). The van der Waals surface area contributed by atoms with Gasteiger partial charge in [0.1, 0.15) is 6.04 Å². The largest absolute Gasteiger partial charge is 0.480 e. The van der Waals surface area contributed by atoms with Crippen LogP contribution in [-0.2, 0) is 16.0 Å². The Morgan fingerprint density at radius 1 is 1.50 bits per heavy atom. The summed E-state index contributed by atoms with van der Waals surface area (Å²) in [6, 6.07) is -1.62. The maximum atomic E-state index is 11.7. The zero-order chi connectivity index (χ0) is 15.0. The zero-order valence-corrected chi connectivity index (χ0v) is 11.5. The van der Waals surface area contributed by atoms with Crippen molar-refractivity contribution in [3.8, 4) is 0 Å². The number of imidazole rings is 1. The van der Waals surface area contributed by atoms with Crippen molar-refractivity contribution in [2.75, 3.05) is 13.7 Å². The molecular formula is C12H20N4O4. The number of urea groups is 1. The number of aromatic amines is 1. The molecule has 1 aromatic rings. The molecule has 2 atom stereocenters. The Hall–Kier alpha value is -2.09. The molecule has 0 fully saturated rings. The Morgan fingerprint density at radius 2 is 2.25 bits per heavy atom. The van der Waals surface area contributed by atoms with Crippen LogP contribution in [-0.4, -0.2) is 52.9 Å². The van der Waals surface area contributed by atoms with Crippen molar-refractivity contribution in [2.24, 2.45) is 0 Å². The van der Waals surface area contributed by atoms with Gasteiger partial charge in [-0.3, -0.25) is 0 Å². The number of aliphatic carboxylic acids is 1. The Labute approximate surface area is 116 Å². The van der Waals surface area contributed by atoms with Crippen molar-refractivity contribution in [3.63, 3.8) is 0 Å². The first-order valence-electron chi connectivity index (χ1n) is 6.29. The van der Waals surface area contributed by atoms with E-state index in [0.717, 1.165) is 0 Å². The summed E-state index contributed by atoms with van der Waals surface area (Å²) < 4.78 is 4.91. The van der Waals surface area contributed by atoms with Gasteiger partial charge in [-0.15, -0.1) is 0 Å². The van der Waals surface area contributed by atoms with E-state index in [2.05, 4.69) is 20.6 Å². The van der Waals surface area contributed by atoms with Crippen molar-refractivity contribution in [1.29, 1.82) is 0 Å². The molecule has 2 amide bonds. The summed E-state index contributed by atoms with van der Waals surface area (Å²) in [5.41, 5.74) is 0.644. The highest BCUT2D eigenvalue weighted by atomic mass is 16.5. The number of nitrogens with zero attached hydrogens (tertiary/aromatic N) is 1. The van der Waals surface area contributed by atoms with E-state index >= 15 is 0 Å². The molecule has 0 aliphatic rings. The molecule has 4 N–H and O–H groups in total. The molecule has 0 aromatic carbocycles. The molecule has 1 aromatic heterocycles. The molecule has 0 aliphatic heterocycles. The second-order valence-electron chi connectivity index (χ2n) is 4.47. The van der Waals surface area contributed by atoms with E-state index in [1.165, 1.54) is 12.5 Å². The number of carboxylic acids is 1. The number of hydrogen-bond donors (Lipinski definition) is 4. The lowest BCUT2D eigenvalue weighted by Gasteiger charge is -2.17. The third-order valence-corrected chi connectivity index (χ3v) is 2.71. The SMILES string of the molecule is COCCC(C)NC(=O)N[C@@H](Cc1cnc[nH]1)C(=O)O. The fourth-order valence-electron chi connectivity index (χ4n) is 1.61. The monoisotopic (exact) mass is 284 g/mol. The van der Waals surface area contributed by atoms with Gasteiger partial charge in [-0.05, 0) is 13.3 Å². The number of H-pyrrole nitrogens is 1. The lowest BCUT2D eigenvalue weighted by atomic mass is 10.1. The van der Waals surface area contributed by atoms with Crippen molar-refractivity contribution >= 4 is 12.0 Å². The normalized spacial score (nSPS) is 13.5. The van der Waals surface area contributed by atoms with E-state index in [4.69, 9.17) is 9.84 Å². The van der Waals surface area contributed by atoms with Crippen LogP contribution in [0.2, 0.25) is 0 Å². The number of rotatable bonds is 8. The summed E-state index contributed by atoms with van der Waals surface area (Å²) in [6.07, 6.45) is 3.79. The molecule has 0 spiro atoms. The summed E-state index contributed by atoms with van der Waals surface area (Å²) >= 11 is 0. The van der Waals surface area contributed by atoms with Gasteiger partial charge in [-0.1, -0.05) is 0 Å². The van der Waals surface area contributed by atoms with Gasteiger partial charge in [-0.2, -0.15) is 0 Å². The van der Waals surface area contributed by atoms with Gasteiger partial charge in [-0.25, -0.2) is 14.6 Å². The van der Waals surface area contributed by atoms with Gasteiger partial charge in [0.05, 0.1) is 6.33 Å². The maximum Gasteiger partial charge on any atom is 0.326 e. The summed E-state index contributed by atoms with van der Waals surface area (Å²) in [4.78, 5) is 29.4. The predicted molar refractivity (Wildman–Crippen MR) is 71.3 cm³/mol. The van der Waals surface area contributed by atoms with E-state index in [1.807, 2.05) is 6.92 Å². The zero-order valence-electron chi connectivity index (χ0n) is 11.5. The van der Waals surface area contributed by atoms with E-state index in [1.54, 1.807) is 7.11 Å². The molecule has 0 saturated heterocycles. The first kappa shape index (κ1) is 16.0. The number of ether oxygens (including phenoxy) is 1. The van der Waals surface area contributed by atoms with E-state index < -0.39 is 18.0 Å². The first-order valence-corrected chi connectivity index (χ1v) is 6.29. The Bertz CT molecular complexity index is 421. The minimum absolute atomic E-state index is 0.100. The van der Waals surface area contributed by atoms with E-state index in [9.17, 15) is 9.59 Å². The minimum atomic E-state index is -1.10. The van der Waals surface area contributed by atoms with Crippen molar-refractivity contribution in [1.82, 2.24) is 20.6 Å². The fraction of sp³-hybridized carbons (Fsp3) is 0.583.